The van der Waals surface area contributed by atoms with Crippen molar-refractivity contribution in [1.82, 2.24) is 0 Å². The number of carboxylic acids is 1. The molecule has 0 saturated heterocycles. The largest absolute Gasteiger partial charge is 0.550 e. The van der Waals surface area contributed by atoms with Crippen molar-refractivity contribution in [3.05, 3.63) is 0 Å². The number of hydrogen-bond donors (Lipinski definition) is 1. The summed E-state index contributed by atoms with van der Waals surface area (Å²) in [5.41, 5.74) is -1.15. The van der Waals surface area contributed by atoms with Gasteiger partial charge < -0.3 is 19.5 Å². The van der Waals surface area contributed by atoms with Crippen molar-refractivity contribution in [3.8, 4) is 0 Å². The van der Waals surface area contributed by atoms with Crippen LogP contribution < -0.4 is 5.11 Å². The molecule has 186 valence electrons. The smallest absolute Gasteiger partial charge is 0.119 e. The first-order valence-corrected chi connectivity index (χ1v) is 13.4. The Balaban J connectivity index is 3.50. The summed E-state index contributed by atoms with van der Waals surface area (Å²) < 4.78 is 0.558. The van der Waals surface area contributed by atoms with Crippen molar-refractivity contribution in [2.75, 3.05) is 27.7 Å². The van der Waals surface area contributed by atoms with Crippen molar-refractivity contribution in [1.29, 1.82) is 0 Å². The Hall–Kier alpha value is -0.610. The zero-order chi connectivity index (χ0) is 23.4. The van der Waals surface area contributed by atoms with E-state index in [9.17, 15) is 15.0 Å². The topological polar surface area (TPSA) is 60.4 Å². The maximum Gasteiger partial charge on any atom is 0.119 e. The molecule has 0 rings (SSSR count). The van der Waals surface area contributed by atoms with Crippen LogP contribution in [0.2, 0.25) is 0 Å². The van der Waals surface area contributed by atoms with Crippen LogP contribution in [0.1, 0.15) is 135 Å². The van der Waals surface area contributed by atoms with Crippen LogP contribution in [0.5, 0.6) is 0 Å². The van der Waals surface area contributed by atoms with Gasteiger partial charge in [-0.25, -0.2) is 0 Å². The van der Waals surface area contributed by atoms with Crippen LogP contribution in [0, 0.1) is 0 Å². The number of carboxylic acid groups (broad SMARTS) is 1. The molecule has 0 radical (unpaired) electrons. The number of aliphatic carboxylic acids is 1. The zero-order valence-corrected chi connectivity index (χ0v) is 21.6. The number of hydrogen-bond acceptors (Lipinski definition) is 3. The van der Waals surface area contributed by atoms with Gasteiger partial charge in [0.2, 0.25) is 0 Å². The molecule has 0 aromatic rings. The molecule has 31 heavy (non-hydrogen) atoms. The Kier molecular flexibility index (Phi) is 18.5. The molecule has 4 nitrogen and oxygen atoms in total. The van der Waals surface area contributed by atoms with Crippen molar-refractivity contribution in [2.45, 2.75) is 141 Å². The number of nitrogens with zero attached hydrogens (tertiary/aromatic N) is 1. The summed E-state index contributed by atoms with van der Waals surface area (Å²) in [5, 5.41) is 21.7. The Morgan fingerprint density at radius 2 is 1.00 bits per heavy atom. The third-order valence-corrected chi connectivity index (χ3v) is 6.24. The van der Waals surface area contributed by atoms with Gasteiger partial charge in [0.05, 0.1) is 21.1 Å². The fourth-order valence-electron chi connectivity index (χ4n) is 4.73. The quantitative estimate of drug-likeness (QED) is 0.156. The van der Waals surface area contributed by atoms with Gasteiger partial charge >= 0.3 is 0 Å². The van der Waals surface area contributed by atoms with E-state index in [0.29, 0.717) is 17.4 Å². The zero-order valence-electron chi connectivity index (χ0n) is 21.6. The molecule has 0 aliphatic heterocycles. The van der Waals surface area contributed by atoms with E-state index >= 15 is 0 Å². The molecule has 0 amide bonds. The van der Waals surface area contributed by atoms with Gasteiger partial charge in [-0.1, -0.05) is 122 Å². The Morgan fingerprint density at radius 1 is 0.677 bits per heavy atom. The second-order valence-corrected chi connectivity index (χ2v) is 11.0. The van der Waals surface area contributed by atoms with E-state index in [1.54, 1.807) is 0 Å². The maximum atomic E-state index is 11.0. The van der Waals surface area contributed by atoms with Crippen LogP contribution in [0.4, 0.5) is 0 Å². The van der Waals surface area contributed by atoms with Gasteiger partial charge in [0.15, 0.2) is 0 Å². The van der Waals surface area contributed by atoms with Crippen LogP contribution in [0.3, 0.4) is 0 Å². The third kappa shape index (κ3) is 22.4. The molecule has 0 spiro atoms. The molecule has 0 aromatic carbocycles. The molecule has 4 heteroatoms. The Morgan fingerprint density at radius 3 is 1.29 bits per heavy atom. The van der Waals surface area contributed by atoms with Gasteiger partial charge in [0.1, 0.15) is 12.1 Å². The van der Waals surface area contributed by atoms with Gasteiger partial charge in [0, 0.05) is 12.4 Å². The SMILES string of the molecule is CCCCCCCCCCCCCCCCCCCCC(O)(CC(=O)[O-])C[N+](C)(C)C. The van der Waals surface area contributed by atoms with E-state index in [1.807, 2.05) is 21.1 Å². The molecule has 0 aromatic heterocycles. The summed E-state index contributed by atoms with van der Waals surface area (Å²) in [6.07, 6.45) is 24.2. The van der Waals surface area contributed by atoms with E-state index in [-0.39, 0.29) is 6.42 Å². The Labute approximate surface area is 194 Å². The van der Waals surface area contributed by atoms with Crippen molar-refractivity contribution >= 4 is 5.97 Å². The fourth-order valence-corrected chi connectivity index (χ4v) is 4.73. The standard InChI is InChI=1S/C27H55NO3/c1-5-6-7-8-9-10-11-12-13-14-15-16-17-18-19-20-21-22-23-27(31,24-26(29)30)25-28(2,3)4/h31H,5-25H2,1-4H3. The van der Waals surface area contributed by atoms with E-state index < -0.39 is 11.6 Å². The summed E-state index contributed by atoms with van der Waals surface area (Å²) >= 11 is 0. The maximum absolute atomic E-state index is 11.0. The van der Waals surface area contributed by atoms with E-state index in [4.69, 9.17) is 0 Å². The first-order chi connectivity index (χ1) is 14.7. The highest BCUT2D eigenvalue weighted by Crippen LogP contribution is 2.22. The highest BCUT2D eigenvalue weighted by Gasteiger charge is 2.33. The minimum absolute atomic E-state index is 0.262. The second-order valence-electron chi connectivity index (χ2n) is 11.0. The lowest BCUT2D eigenvalue weighted by molar-refractivity contribution is -0.877. The predicted octanol–water partition coefficient (Wildman–Crippen LogP) is 6.00. The summed E-state index contributed by atoms with van der Waals surface area (Å²) in [7, 11) is 5.95. The number of aliphatic hydroxyl groups is 1. The van der Waals surface area contributed by atoms with Gasteiger partial charge in [-0.15, -0.1) is 0 Å². The molecular weight excluding hydrogens is 386 g/mol. The van der Waals surface area contributed by atoms with Gasteiger partial charge in [-0.3, -0.25) is 0 Å². The number of unbranched alkanes of at least 4 members (excludes halogenated alkanes) is 17. The molecule has 0 aliphatic carbocycles. The van der Waals surface area contributed by atoms with E-state index in [2.05, 4.69) is 6.92 Å². The van der Waals surface area contributed by atoms with Crippen LogP contribution >= 0.6 is 0 Å². The second kappa shape index (κ2) is 18.9. The number of quaternary nitrogens is 1. The minimum Gasteiger partial charge on any atom is -0.550 e. The normalized spacial score (nSPS) is 14.0. The molecule has 0 fully saturated rings. The number of likely N-dealkylation sites (N-methyl/N-ethyl adjacent to an activating group) is 1. The third-order valence-electron chi connectivity index (χ3n) is 6.24. The van der Waals surface area contributed by atoms with E-state index in [1.165, 1.54) is 103 Å². The highest BCUT2D eigenvalue weighted by molar-refractivity contribution is 5.65. The molecule has 1 unspecified atom stereocenters. The average Bonchev–Trinajstić information content (AvgIpc) is 2.65. The summed E-state index contributed by atoms with van der Waals surface area (Å²) in [4.78, 5) is 11.0. The summed E-state index contributed by atoms with van der Waals surface area (Å²) in [6.45, 7) is 2.72. The Bertz CT molecular complexity index is 419. The fraction of sp³-hybridized carbons (Fsp3) is 0.963. The van der Waals surface area contributed by atoms with Crippen LogP contribution in [0.25, 0.3) is 0 Å². The van der Waals surface area contributed by atoms with Crippen LogP contribution in [0.15, 0.2) is 0 Å². The van der Waals surface area contributed by atoms with Crippen LogP contribution in [-0.2, 0) is 4.79 Å². The highest BCUT2D eigenvalue weighted by atomic mass is 16.4. The molecule has 0 aliphatic rings. The average molecular weight is 442 g/mol. The van der Waals surface area contributed by atoms with Crippen molar-refractivity contribution in [3.63, 3.8) is 0 Å². The molecule has 1 atom stereocenters. The number of rotatable bonds is 23. The molecule has 1 N–H and O–H groups in total. The minimum atomic E-state index is -1.15. The first-order valence-electron chi connectivity index (χ1n) is 13.4. The van der Waals surface area contributed by atoms with E-state index in [0.717, 1.165) is 12.8 Å². The number of carbonyl (C=O) groups is 1. The molecular formula is C27H55NO3. The lowest BCUT2D eigenvalue weighted by Crippen LogP contribution is -2.51. The number of carbonyl (C=O) groups excluding carboxylic acids is 1. The molecule has 0 saturated carbocycles. The first kappa shape index (κ1) is 30.4. The monoisotopic (exact) mass is 441 g/mol. The van der Waals surface area contributed by atoms with Gasteiger partial charge in [-0.2, -0.15) is 0 Å². The van der Waals surface area contributed by atoms with Gasteiger partial charge in [0.25, 0.3) is 0 Å². The molecule has 0 bridgehead atoms. The summed E-state index contributed by atoms with van der Waals surface area (Å²) in [6, 6.07) is 0. The van der Waals surface area contributed by atoms with Gasteiger partial charge in [-0.05, 0) is 6.42 Å². The van der Waals surface area contributed by atoms with Crippen LogP contribution in [-0.4, -0.2) is 48.8 Å². The molecule has 0 heterocycles. The summed E-state index contributed by atoms with van der Waals surface area (Å²) in [5.74, 6) is -1.15. The van der Waals surface area contributed by atoms with Crippen molar-refractivity contribution in [2.24, 2.45) is 0 Å². The lowest BCUT2D eigenvalue weighted by atomic mass is 9.91. The lowest BCUT2D eigenvalue weighted by Gasteiger charge is -2.36. The van der Waals surface area contributed by atoms with Crippen molar-refractivity contribution < 1.29 is 19.5 Å². The predicted molar refractivity (Wildman–Crippen MR) is 131 cm³/mol.